The molecule has 0 fully saturated rings. The molecule has 3 heterocycles. The van der Waals surface area contributed by atoms with Gasteiger partial charge < -0.3 is 15.6 Å². The summed E-state index contributed by atoms with van der Waals surface area (Å²) in [5, 5.41) is 14.9. The van der Waals surface area contributed by atoms with Crippen LogP contribution in [0.4, 0.5) is 0 Å². The molecule has 0 unspecified atom stereocenters. The van der Waals surface area contributed by atoms with Crippen LogP contribution < -0.4 is 16.7 Å². The van der Waals surface area contributed by atoms with Gasteiger partial charge in [0.2, 0.25) is 5.55 Å². The van der Waals surface area contributed by atoms with Gasteiger partial charge in [-0.1, -0.05) is 6.92 Å². The largest absolute Gasteiger partial charge is 0.445 e. The maximum atomic E-state index is 5.54. The van der Waals surface area contributed by atoms with Gasteiger partial charge in [-0.3, -0.25) is 4.99 Å². The Kier molecular flexibility index (Phi) is 5.93. The third kappa shape index (κ3) is 4.03. The van der Waals surface area contributed by atoms with Crippen LogP contribution >= 0.6 is 0 Å². The van der Waals surface area contributed by atoms with Gasteiger partial charge in [0.25, 0.3) is 0 Å². The second-order valence-electron chi connectivity index (χ2n) is 6.25. The third-order valence-corrected chi connectivity index (χ3v) is 4.58. The molecule has 140 valence electrons. The number of hydrogen-bond acceptors (Lipinski definition) is 7. The maximum absolute atomic E-state index is 5.54. The van der Waals surface area contributed by atoms with Crippen LogP contribution in [0.3, 0.4) is 0 Å². The number of aliphatic imine (C=N–C) groups is 1. The topological polar surface area (TPSA) is 102 Å². The first-order valence-electron chi connectivity index (χ1n) is 8.96. The summed E-state index contributed by atoms with van der Waals surface area (Å²) in [5.74, 6) is 5.54. The monoisotopic (exact) mass is 364 g/mol. The summed E-state index contributed by atoms with van der Waals surface area (Å²) in [5.41, 5.74) is 7.34. The Balaban J connectivity index is 2.06. The van der Waals surface area contributed by atoms with Crippen LogP contribution in [-0.4, -0.2) is 29.0 Å². The lowest BCUT2D eigenvalue weighted by molar-refractivity contribution is 0.492. The summed E-state index contributed by atoms with van der Waals surface area (Å²) >= 11 is 0. The van der Waals surface area contributed by atoms with E-state index in [-0.39, 0.29) is 0 Å². The molecule has 0 amide bonds. The highest BCUT2D eigenvalue weighted by Gasteiger charge is 2.18. The molecule has 3 N–H and O–H groups in total. The second kappa shape index (κ2) is 8.55. The van der Waals surface area contributed by atoms with Gasteiger partial charge in [-0.25, -0.2) is 0 Å². The fourth-order valence-corrected chi connectivity index (χ4v) is 3.19. The van der Waals surface area contributed by atoms with Crippen molar-refractivity contribution in [2.75, 3.05) is 13.1 Å². The number of aromatic nitrogens is 2. The fourth-order valence-electron chi connectivity index (χ4n) is 3.19. The highest BCUT2D eigenvalue weighted by Crippen LogP contribution is 2.30. The van der Waals surface area contributed by atoms with Crippen molar-refractivity contribution in [2.24, 2.45) is 15.9 Å². The van der Waals surface area contributed by atoms with Crippen molar-refractivity contribution < 1.29 is 4.42 Å². The van der Waals surface area contributed by atoms with Crippen molar-refractivity contribution in [3.63, 3.8) is 0 Å². The molecule has 0 atom stereocenters. The van der Waals surface area contributed by atoms with Crippen molar-refractivity contribution >= 4 is 11.8 Å². The van der Waals surface area contributed by atoms with Crippen LogP contribution in [0.1, 0.15) is 32.8 Å². The van der Waals surface area contributed by atoms with E-state index >= 15 is 0 Å². The Morgan fingerprint density at radius 2 is 2.11 bits per heavy atom. The van der Waals surface area contributed by atoms with Gasteiger partial charge in [0.05, 0.1) is 29.9 Å². The highest BCUT2D eigenvalue weighted by atomic mass is 16.3. The van der Waals surface area contributed by atoms with E-state index in [1.165, 1.54) is 11.1 Å². The normalized spacial score (nSPS) is 16.3. The smallest absolute Gasteiger partial charge is 0.243 e. The zero-order valence-corrected chi connectivity index (χ0v) is 15.9. The summed E-state index contributed by atoms with van der Waals surface area (Å²) in [4.78, 5) is 4.77. The summed E-state index contributed by atoms with van der Waals surface area (Å²) < 4.78 is 5.48. The molecule has 2 aromatic rings. The zero-order valence-electron chi connectivity index (χ0n) is 15.9. The van der Waals surface area contributed by atoms with Gasteiger partial charge in [-0.05, 0) is 68.3 Å². The number of nitrogens with zero attached hydrogens (tertiary/aromatic N) is 4. The molecular formula is C20H24N6O. The molecule has 2 aromatic heterocycles. The van der Waals surface area contributed by atoms with Crippen LogP contribution in [0.5, 0.6) is 0 Å². The minimum Gasteiger partial charge on any atom is -0.445 e. The van der Waals surface area contributed by atoms with E-state index in [1.54, 1.807) is 18.7 Å². The van der Waals surface area contributed by atoms with Gasteiger partial charge >= 0.3 is 0 Å². The van der Waals surface area contributed by atoms with Crippen molar-refractivity contribution in [1.82, 2.24) is 15.5 Å². The number of nitrogens with one attached hydrogen (secondary N) is 1. The van der Waals surface area contributed by atoms with Gasteiger partial charge in [0.15, 0.2) is 0 Å². The van der Waals surface area contributed by atoms with E-state index < -0.39 is 0 Å². The molecule has 1 aliphatic heterocycles. The van der Waals surface area contributed by atoms with E-state index in [9.17, 15) is 0 Å². The van der Waals surface area contributed by atoms with Crippen LogP contribution in [0.2, 0.25) is 0 Å². The van der Waals surface area contributed by atoms with E-state index in [0.29, 0.717) is 5.55 Å². The predicted molar refractivity (Wildman–Crippen MR) is 106 cm³/mol. The molecule has 1 aliphatic rings. The lowest BCUT2D eigenvalue weighted by Crippen LogP contribution is -2.15. The van der Waals surface area contributed by atoms with Crippen molar-refractivity contribution in [2.45, 2.75) is 27.2 Å². The van der Waals surface area contributed by atoms with Gasteiger partial charge in [-0.2, -0.15) is 10.2 Å². The first-order valence-corrected chi connectivity index (χ1v) is 8.96. The molecule has 0 aromatic carbocycles. The lowest BCUT2D eigenvalue weighted by Gasteiger charge is -2.07. The Morgan fingerprint density at radius 3 is 2.81 bits per heavy atom. The van der Waals surface area contributed by atoms with Crippen LogP contribution in [0.25, 0.3) is 17.2 Å². The summed E-state index contributed by atoms with van der Waals surface area (Å²) in [6, 6.07) is 3.73. The predicted octanol–water partition coefficient (Wildman–Crippen LogP) is 2.64. The SMILES string of the molecule is CCNCCC1=C(C)C(=Cc2ccoc(=NN)c2-c2ccnnc2)N=C1C. The Bertz CT molecular complexity index is 969. The van der Waals surface area contributed by atoms with Crippen LogP contribution in [0, 0.1) is 0 Å². The minimum atomic E-state index is 0.338. The molecule has 27 heavy (non-hydrogen) atoms. The molecule has 0 spiro atoms. The molecule has 0 bridgehead atoms. The summed E-state index contributed by atoms with van der Waals surface area (Å²) in [6.07, 6.45) is 7.86. The first kappa shape index (κ1) is 18.7. The van der Waals surface area contributed by atoms with Gasteiger partial charge in [0, 0.05) is 11.3 Å². The number of hydrogen-bond donors (Lipinski definition) is 2. The molecule has 0 radical (unpaired) electrons. The van der Waals surface area contributed by atoms with Crippen molar-refractivity contribution in [3.05, 3.63) is 58.8 Å². The second-order valence-corrected chi connectivity index (χ2v) is 6.25. The summed E-state index contributed by atoms with van der Waals surface area (Å²) in [7, 11) is 0. The molecule has 7 heteroatoms. The molecule has 7 nitrogen and oxygen atoms in total. The minimum absolute atomic E-state index is 0.338. The van der Waals surface area contributed by atoms with E-state index in [2.05, 4.69) is 41.4 Å². The Labute approximate surface area is 158 Å². The standard InChI is InChI=1S/C20H24N6O/c1-4-22-8-6-17-13(2)18(25-14(17)3)11-15-7-10-27-20(26-21)19(15)16-5-9-23-24-12-16/h5,7,9-12,22H,4,6,8,21H2,1-3H3. The molecule has 3 rings (SSSR count). The van der Waals surface area contributed by atoms with Gasteiger partial charge in [0.1, 0.15) is 0 Å². The van der Waals surface area contributed by atoms with E-state index in [0.717, 1.165) is 47.6 Å². The summed E-state index contributed by atoms with van der Waals surface area (Å²) in [6.45, 7) is 8.19. The third-order valence-electron chi connectivity index (χ3n) is 4.58. The molecule has 0 aliphatic carbocycles. The van der Waals surface area contributed by atoms with E-state index in [4.69, 9.17) is 15.3 Å². The lowest BCUT2D eigenvalue weighted by atomic mass is 10.00. The first-order chi connectivity index (χ1) is 13.2. The maximum Gasteiger partial charge on any atom is 0.243 e. The highest BCUT2D eigenvalue weighted by molar-refractivity contribution is 6.04. The van der Waals surface area contributed by atoms with Crippen LogP contribution in [0.15, 0.2) is 62.1 Å². The molecular weight excluding hydrogens is 340 g/mol. The molecule has 0 saturated heterocycles. The Hall–Kier alpha value is -3.06. The van der Waals surface area contributed by atoms with Gasteiger partial charge in [-0.15, -0.1) is 5.10 Å². The number of allylic oxidation sites excluding steroid dienone is 1. The number of rotatable bonds is 6. The average molecular weight is 364 g/mol. The number of nitrogens with two attached hydrogens (primary N) is 1. The fraction of sp³-hybridized carbons (Fsp3) is 0.300. The average Bonchev–Trinajstić information content (AvgIpc) is 2.96. The molecule has 0 saturated carbocycles. The van der Waals surface area contributed by atoms with Crippen molar-refractivity contribution in [1.29, 1.82) is 0 Å². The quantitative estimate of drug-likeness (QED) is 0.466. The van der Waals surface area contributed by atoms with Crippen molar-refractivity contribution in [3.8, 4) is 11.1 Å². The van der Waals surface area contributed by atoms with Crippen LogP contribution in [-0.2, 0) is 0 Å². The Morgan fingerprint density at radius 1 is 1.26 bits per heavy atom. The zero-order chi connectivity index (χ0) is 19.2. The van der Waals surface area contributed by atoms with E-state index in [1.807, 2.05) is 18.2 Å².